The first-order valence-electron chi connectivity index (χ1n) is 6.02. The Morgan fingerprint density at radius 2 is 2.00 bits per heavy atom. The lowest BCUT2D eigenvalue weighted by atomic mass is 10.0. The van der Waals surface area contributed by atoms with Gasteiger partial charge in [-0.15, -0.1) is 6.58 Å². The lowest BCUT2D eigenvalue weighted by Gasteiger charge is -2.32. The number of nitrogens with zero attached hydrogens (tertiary/aromatic N) is 1. The minimum Gasteiger partial charge on any atom is -0.264 e. The van der Waals surface area contributed by atoms with Crippen LogP contribution in [0.4, 0.5) is 0 Å². The average Bonchev–Trinajstić information content (AvgIpc) is 2.42. The number of hydroxylamine groups is 2. The van der Waals surface area contributed by atoms with E-state index in [9.17, 15) is 0 Å². The highest BCUT2D eigenvalue weighted by Crippen LogP contribution is 2.36. The molecule has 0 unspecified atom stereocenters. The minimum atomic E-state index is 0.433. The van der Waals surface area contributed by atoms with Crippen LogP contribution in [0.1, 0.15) is 12.5 Å². The molecule has 0 amide bonds. The van der Waals surface area contributed by atoms with Crippen molar-refractivity contribution in [2.45, 2.75) is 6.92 Å². The maximum atomic E-state index is 5.74. The molecule has 1 aromatic carbocycles. The third kappa shape index (κ3) is 2.88. The van der Waals surface area contributed by atoms with Crippen LogP contribution in [0.25, 0.3) is 5.70 Å². The van der Waals surface area contributed by atoms with Crippen molar-refractivity contribution in [3.8, 4) is 0 Å². The highest BCUT2D eigenvalue weighted by Gasteiger charge is 2.23. The zero-order valence-corrected chi connectivity index (χ0v) is 12.5. The quantitative estimate of drug-likeness (QED) is 0.750. The molecule has 0 N–H and O–H groups in total. The van der Waals surface area contributed by atoms with Gasteiger partial charge in [-0.1, -0.05) is 43.0 Å². The van der Waals surface area contributed by atoms with E-state index in [-0.39, 0.29) is 0 Å². The average molecular weight is 318 g/mol. The van der Waals surface area contributed by atoms with E-state index < -0.39 is 0 Å². The van der Waals surface area contributed by atoms with Crippen molar-refractivity contribution in [2.24, 2.45) is 0 Å². The van der Waals surface area contributed by atoms with Crippen LogP contribution in [0.5, 0.6) is 0 Å². The highest BCUT2D eigenvalue weighted by atomic mass is 79.9. The van der Waals surface area contributed by atoms with E-state index in [1.165, 1.54) is 0 Å². The summed E-state index contributed by atoms with van der Waals surface area (Å²) in [4.78, 5) is 5.74. The summed E-state index contributed by atoms with van der Waals surface area (Å²) in [5.41, 5.74) is 4.01. The lowest BCUT2D eigenvalue weighted by Crippen LogP contribution is -2.25. The number of halogens is 1. The summed E-state index contributed by atoms with van der Waals surface area (Å²) < 4.78 is 0.925. The third-order valence-electron chi connectivity index (χ3n) is 2.81. The molecular weight excluding hydrogens is 302 g/mol. The Morgan fingerprint density at radius 1 is 1.32 bits per heavy atom. The van der Waals surface area contributed by atoms with Crippen LogP contribution < -0.4 is 0 Å². The molecule has 0 spiro atoms. The Labute approximate surface area is 122 Å². The second-order valence-electron chi connectivity index (χ2n) is 4.22. The summed E-state index contributed by atoms with van der Waals surface area (Å²) in [6.07, 6.45) is 3.77. The largest absolute Gasteiger partial charge is 0.264 e. The van der Waals surface area contributed by atoms with Crippen molar-refractivity contribution >= 4 is 21.6 Å². The molecule has 2 rings (SSSR count). The zero-order chi connectivity index (χ0) is 13.8. The van der Waals surface area contributed by atoms with Crippen LogP contribution >= 0.6 is 15.9 Å². The molecule has 0 radical (unpaired) electrons. The molecule has 98 valence electrons. The Balaban J connectivity index is 2.47. The van der Waals surface area contributed by atoms with Gasteiger partial charge in [0.25, 0.3) is 0 Å². The second kappa shape index (κ2) is 6.04. The van der Waals surface area contributed by atoms with Crippen LogP contribution in [0.2, 0.25) is 0 Å². The minimum absolute atomic E-state index is 0.433. The van der Waals surface area contributed by atoms with Gasteiger partial charge in [0.15, 0.2) is 0 Å². The molecule has 0 saturated heterocycles. The standard InChI is InChI=1S/C16H16BrNO/c1-4-10-19-18-13(3)15(17)11-12(2)16(18)14-8-6-5-7-9-14/h4-9,11H,1,3,10H2,2H3. The molecule has 3 heteroatoms. The van der Waals surface area contributed by atoms with Crippen LogP contribution in [0, 0.1) is 0 Å². The maximum Gasteiger partial charge on any atom is 0.0932 e. The SMILES string of the molecule is C=CCON1C(=C)C(Br)=CC(C)=C1c1ccccc1. The molecule has 1 aliphatic heterocycles. The summed E-state index contributed by atoms with van der Waals surface area (Å²) in [7, 11) is 0. The van der Waals surface area contributed by atoms with Gasteiger partial charge in [-0.05, 0) is 34.5 Å². The van der Waals surface area contributed by atoms with Gasteiger partial charge < -0.3 is 0 Å². The zero-order valence-electron chi connectivity index (χ0n) is 10.9. The molecule has 1 aliphatic rings. The first-order valence-corrected chi connectivity index (χ1v) is 6.81. The molecule has 0 aliphatic carbocycles. The summed E-state index contributed by atoms with van der Waals surface area (Å²) >= 11 is 3.51. The molecule has 0 atom stereocenters. The number of allylic oxidation sites excluding steroid dienone is 3. The first kappa shape index (κ1) is 13.8. The molecule has 1 aromatic rings. The van der Waals surface area contributed by atoms with Crippen molar-refractivity contribution in [1.29, 1.82) is 0 Å². The predicted molar refractivity (Wildman–Crippen MR) is 83.2 cm³/mol. The Hall–Kier alpha value is -1.58. The van der Waals surface area contributed by atoms with Crippen LogP contribution in [-0.2, 0) is 4.84 Å². The molecule has 0 bridgehead atoms. The van der Waals surface area contributed by atoms with Crippen molar-refractivity contribution < 1.29 is 4.84 Å². The van der Waals surface area contributed by atoms with Crippen LogP contribution in [0.15, 0.2) is 71.4 Å². The molecule has 2 nitrogen and oxygen atoms in total. The van der Waals surface area contributed by atoms with E-state index in [2.05, 4.69) is 54.2 Å². The molecule has 19 heavy (non-hydrogen) atoms. The summed E-state index contributed by atoms with van der Waals surface area (Å²) in [6.45, 7) is 10.2. The van der Waals surface area contributed by atoms with E-state index >= 15 is 0 Å². The molecule has 1 heterocycles. The summed E-state index contributed by atoms with van der Waals surface area (Å²) in [5, 5.41) is 1.76. The van der Waals surface area contributed by atoms with E-state index in [4.69, 9.17) is 4.84 Å². The predicted octanol–water partition coefficient (Wildman–Crippen LogP) is 4.64. The summed E-state index contributed by atoms with van der Waals surface area (Å²) in [5.74, 6) is 0. The normalized spacial score (nSPS) is 15.6. The third-order valence-corrected chi connectivity index (χ3v) is 3.50. The van der Waals surface area contributed by atoms with E-state index in [1.54, 1.807) is 11.1 Å². The number of benzene rings is 1. The monoisotopic (exact) mass is 317 g/mol. The fourth-order valence-electron chi connectivity index (χ4n) is 1.94. The Bertz CT molecular complexity index is 557. The van der Waals surface area contributed by atoms with Gasteiger partial charge in [-0.3, -0.25) is 4.84 Å². The molecular formula is C16H16BrNO. The molecule has 0 saturated carbocycles. The molecule has 0 aromatic heterocycles. The Morgan fingerprint density at radius 3 is 2.63 bits per heavy atom. The lowest BCUT2D eigenvalue weighted by molar-refractivity contribution is -0.0645. The summed E-state index contributed by atoms with van der Waals surface area (Å²) in [6, 6.07) is 10.1. The fourth-order valence-corrected chi connectivity index (χ4v) is 2.45. The van der Waals surface area contributed by atoms with E-state index in [0.29, 0.717) is 6.61 Å². The van der Waals surface area contributed by atoms with Crippen molar-refractivity contribution in [3.63, 3.8) is 0 Å². The van der Waals surface area contributed by atoms with Crippen LogP contribution in [0.3, 0.4) is 0 Å². The number of rotatable bonds is 4. The van der Waals surface area contributed by atoms with Crippen molar-refractivity contribution in [1.82, 2.24) is 5.06 Å². The van der Waals surface area contributed by atoms with E-state index in [1.807, 2.05) is 18.2 Å². The number of hydrogen-bond acceptors (Lipinski definition) is 2. The number of hydrogen-bond donors (Lipinski definition) is 0. The Kier molecular flexibility index (Phi) is 4.40. The van der Waals surface area contributed by atoms with Gasteiger partial charge in [0, 0.05) is 10.0 Å². The van der Waals surface area contributed by atoms with Gasteiger partial charge in [-0.2, -0.15) is 0 Å². The van der Waals surface area contributed by atoms with Gasteiger partial charge in [0.1, 0.15) is 0 Å². The van der Waals surface area contributed by atoms with Gasteiger partial charge >= 0.3 is 0 Å². The molecule has 0 fully saturated rings. The highest BCUT2D eigenvalue weighted by molar-refractivity contribution is 9.12. The van der Waals surface area contributed by atoms with Gasteiger partial charge in [-0.25, -0.2) is 5.06 Å². The first-order chi connectivity index (χ1) is 9.15. The maximum absolute atomic E-state index is 5.74. The smallest absolute Gasteiger partial charge is 0.0932 e. The topological polar surface area (TPSA) is 12.5 Å². The van der Waals surface area contributed by atoms with Crippen molar-refractivity contribution in [3.05, 3.63) is 77.0 Å². The van der Waals surface area contributed by atoms with Crippen LogP contribution in [-0.4, -0.2) is 11.7 Å². The second-order valence-corrected chi connectivity index (χ2v) is 5.07. The van der Waals surface area contributed by atoms with Gasteiger partial charge in [0.05, 0.1) is 18.0 Å². The van der Waals surface area contributed by atoms with Gasteiger partial charge in [0.2, 0.25) is 0 Å². The van der Waals surface area contributed by atoms with Crippen molar-refractivity contribution in [2.75, 3.05) is 6.61 Å². The van der Waals surface area contributed by atoms with E-state index in [0.717, 1.165) is 27.0 Å². The fraction of sp³-hybridized carbons (Fsp3) is 0.125.